The van der Waals surface area contributed by atoms with E-state index in [0.717, 1.165) is 22.3 Å². The maximum Gasteiger partial charge on any atom is 0.329 e. The van der Waals surface area contributed by atoms with Crippen molar-refractivity contribution < 1.29 is 23.9 Å². The van der Waals surface area contributed by atoms with Gasteiger partial charge in [-0.05, 0) is 68.7 Å². The van der Waals surface area contributed by atoms with E-state index in [-0.39, 0.29) is 31.5 Å². The lowest BCUT2D eigenvalue weighted by atomic mass is 9.98. The molecule has 1 N–H and O–H groups in total. The van der Waals surface area contributed by atoms with Crippen LogP contribution in [0.25, 0.3) is 11.1 Å². The van der Waals surface area contributed by atoms with Gasteiger partial charge in [0.2, 0.25) is 0 Å². The van der Waals surface area contributed by atoms with Crippen LogP contribution in [0, 0.1) is 11.8 Å². The standard InChI is InChI=1S/C37H48N2O5/c1-7-43-35(41)33(24-29-19-21-31(22-20-29)30-16-12-9-13-17-30)38-36(42)39(25-27(2)3)26-32(34(40)44-37(4,5)6)23-18-28-14-10-8-11-15-28/h8-17,19-22,27,32-33H,7,18,23-26H2,1-6H3,(H,38,42)/t32?,33-/m0/s1. The molecule has 7 heteroatoms. The largest absolute Gasteiger partial charge is 0.464 e. The van der Waals surface area contributed by atoms with Crippen LogP contribution in [-0.4, -0.2) is 54.2 Å². The van der Waals surface area contributed by atoms with Gasteiger partial charge in [0.1, 0.15) is 11.6 Å². The lowest BCUT2D eigenvalue weighted by Crippen LogP contribution is -2.52. The Kier molecular flexibility index (Phi) is 13.0. The van der Waals surface area contributed by atoms with Crippen molar-refractivity contribution in [3.05, 3.63) is 96.1 Å². The minimum atomic E-state index is -0.885. The SMILES string of the molecule is CCOC(=O)[C@H](Cc1ccc(-c2ccccc2)cc1)NC(=O)N(CC(C)C)CC(CCc1ccccc1)C(=O)OC(C)(C)C. The fourth-order valence-corrected chi connectivity index (χ4v) is 4.98. The predicted octanol–water partition coefficient (Wildman–Crippen LogP) is 7.09. The molecule has 3 aromatic rings. The van der Waals surface area contributed by atoms with Gasteiger partial charge in [-0.2, -0.15) is 0 Å². The van der Waals surface area contributed by atoms with Crippen molar-refractivity contribution in [2.75, 3.05) is 19.7 Å². The molecule has 3 aromatic carbocycles. The predicted molar refractivity (Wildman–Crippen MR) is 175 cm³/mol. The highest BCUT2D eigenvalue weighted by atomic mass is 16.6. The first-order valence-electron chi connectivity index (χ1n) is 15.6. The normalized spacial score (nSPS) is 12.7. The monoisotopic (exact) mass is 600 g/mol. The van der Waals surface area contributed by atoms with Gasteiger partial charge >= 0.3 is 18.0 Å². The van der Waals surface area contributed by atoms with E-state index in [0.29, 0.717) is 19.4 Å². The van der Waals surface area contributed by atoms with Gasteiger partial charge in [0.05, 0.1) is 12.5 Å². The Hall–Kier alpha value is -4.13. The molecule has 44 heavy (non-hydrogen) atoms. The Morgan fingerprint density at radius 3 is 1.93 bits per heavy atom. The van der Waals surface area contributed by atoms with Crippen LogP contribution in [0.1, 0.15) is 59.1 Å². The number of hydrogen-bond acceptors (Lipinski definition) is 5. The van der Waals surface area contributed by atoms with Gasteiger partial charge < -0.3 is 19.7 Å². The lowest BCUT2D eigenvalue weighted by molar-refractivity contribution is -0.160. The molecule has 2 atom stereocenters. The van der Waals surface area contributed by atoms with Gasteiger partial charge in [0.15, 0.2) is 0 Å². The molecule has 7 nitrogen and oxygen atoms in total. The first kappa shape index (κ1) is 34.4. The molecule has 0 radical (unpaired) electrons. The van der Waals surface area contributed by atoms with E-state index in [1.54, 1.807) is 11.8 Å². The minimum absolute atomic E-state index is 0.140. The van der Waals surface area contributed by atoms with Crippen molar-refractivity contribution in [3.8, 4) is 11.1 Å². The molecule has 0 fully saturated rings. The van der Waals surface area contributed by atoms with Gasteiger partial charge in [0, 0.05) is 19.5 Å². The zero-order valence-corrected chi connectivity index (χ0v) is 27.0. The number of benzene rings is 3. The zero-order valence-electron chi connectivity index (χ0n) is 27.0. The van der Waals surface area contributed by atoms with Crippen molar-refractivity contribution in [1.82, 2.24) is 10.2 Å². The van der Waals surface area contributed by atoms with E-state index in [1.807, 2.05) is 120 Å². The van der Waals surface area contributed by atoms with Gasteiger partial charge in [-0.15, -0.1) is 0 Å². The smallest absolute Gasteiger partial charge is 0.329 e. The number of ether oxygens (including phenoxy) is 2. The van der Waals surface area contributed by atoms with Gasteiger partial charge in [-0.25, -0.2) is 9.59 Å². The van der Waals surface area contributed by atoms with E-state index in [2.05, 4.69) is 5.32 Å². The highest BCUT2D eigenvalue weighted by molar-refractivity contribution is 5.84. The first-order chi connectivity index (χ1) is 20.9. The average Bonchev–Trinajstić information content (AvgIpc) is 2.98. The molecule has 3 rings (SSSR count). The summed E-state index contributed by atoms with van der Waals surface area (Å²) in [6.45, 7) is 12.1. The number of nitrogens with one attached hydrogen (secondary N) is 1. The number of rotatable bonds is 14. The fourth-order valence-electron chi connectivity index (χ4n) is 4.98. The summed E-state index contributed by atoms with van der Waals surface area (Å²) in [4.78, 5) is 41.8. The third-order valence-electron chi connectivity index (χ3n) is 7.05. The second kappa shape index (κ2) is 16.6. The van der Waals surface area contributed by atoms with E-state index < -0.39 is 29.6 Å². The van der Waals surface area contributed by atoms with Gasteiger partial charge in [-0.3, -0.25) is 4.79 Å². The van der Waals surface area contributed by atoms with Crippen molar-refractivity contribution in [2.24, 2.45) is 11.8 Å². The Bertz CT molecular complexity index is 1320. The van der Waals surface area contributed by atoms with Gasteiger partial charge in [-0.1, -0.05) is 98.8 Å². The van der Waals surface area contributed by atoms with Crippen molar-refractivity contribution >= 4 is 18.0 Å². The van der Waals surface area contributed by atoms with Crippen LogP contribution in [-0.2, 0) is 31.9 Å². The van der Waals surface area contributed by atoms with Crippen molar-refractivity contribution in [3.63, 3.8) is 0 Å². The summed E-state index contributed by atoms with van der Waals surface area (Å²) < 4.78 is 11.1. The highest BCUT2D eigenvalue weighted by Gasteiger charge is 2.31. The van der Waals surface area contributed by atoms with Crippen molar-refractivity contribution in [1.29, 1.82) is 0 Å². The molecule has 0 saturated carbocycles. The zero-order chi connectivity index (χ0) is 32.1. The number of esters is 2. The Balaban J connectivity index is 1.79. The summed E-state index contributed by atoms with van der Waals surface area (Å²) in [5.74, 6) is -1.23. The van der Waals surface area contributed by atoms with Crippen LogP contribution < -0.4 is 5.32 Å². The van der Waals surface area contributed by atoms with Crippen LogP contribution in [0.3, 0.4) is 0 Å². The van der Waals surface area contributed by atoms with E-state index in [4.69, 9.17) is 9.47 Å². The third kappa shape index (κ3) is 11.5. The maximum absolute atomic E-state index is 13.8. The number of hydrogen-bond donors (Lipinski definition) is 1. The Labute approximate surface area is 263 Å². The summed E-state index contributed by atoms with van der Waals surface area (Å²) in [6.07, 6.45) is 1.47. The summed E-state index contributed by atoms with van der Waals surface area (Å²) in [5.41, 5.74) is 3.52. The third-order valence-corrected chi connectivity index (χ3v) is 7.05. The molecular formula is C37H48N2O5. The van der Waals surface area contributed by atoms with Crippen molar-refractivity contribution in [2.45, 2.75) is 72.4 Å². The lowest BCUT2D eigenvalue weighted by Gasteiger charge is -2.31. The molecule has 0 aromatic heterocycles. The highest BCUT2D eigenvalue weighted by Crippen LogP contribution is 2.21. The molecule has 1 unspecified atom stereocenters. The number of amides is 2. The second-order valence-corrected chi connectivity index (χ2v) is 12.6. The molecular weight excluding hydrogens is 552 g/mol. The molecule has 236 valence electrons. The number of carbonyl (C=O) groups is 3. The average molecular weight is 601 g/mol. The van der Waals surface area contributed by atoms with Crippen LogP contribution in [0.15, 0.2) is 84.9 Å². The second-order valence-electron chi connectivity index (χ2n) is 12.6. The quantitative estimate of drug-likeness (QED) is 0.200. The number of carbonyl (C=O) groups excluding carboxylic acids is 3. The van der Waals surface area contributed by atoms with E-state index in [9.17, 15) is 14.4 Å². The minimum Gasteiger partial charge on any atom is -0.464 e. The molecule has 0 spiro atoms. The molecule has 2 amide bonds. The maximum atomic E-state index is 13.8. The van der Waals surface area contributed by atoms with E-state index >= 15 is 0 Å². The topological polar surface area (TPSA) is 84.9 Å². The number of aryl methyl sites for hydroxylation is 1. The molecule has 0 heterocycles. The molecule has 0 aliphatic carbocycles. The van der Waals surface area contributed by atoms with E-state index in [1.165, 1.54) is 0 Å². The Morgan fingerprint density at radius 2 is 1.36 bits per heavy atom. The molecule has 0 aliphatic rings. The van der Waals surface area contributed by atoms with Crippen LogP contribution in [0.4, 0.5) is 4.79 Å². The first-order valence-corrected chi connectivity index (χ1v) is 15.6. The van der Waals surface area contributed by atoms with Crippen LogP contribution >= 0.6 is 0 Å². The summed E-state index contributed by atoms with van der Waals surface area (Å²) in [7, 11) is 0. The summed E-state index contributed by atoms with van der Waals surface area (Å²) in [5, 5.41) is 2.93. The molecule has 0 aliphatic heterocycles. The fraction of sp³-hybridized carbons (Fsp3) is 0.432. The number of nitrogens with zero attached hydrogens (tertiary/aromatic N) is 1. The summed E-state index contributed by atoms with van der Waals surface area (Å²) in [6, 6.07) is 26.7. The van der Waals surface area contributed by atoms with Crippen LogP contribution in [0.2, 0.25) is 0 Å². The summed E-state index contributed by atoms with van der Waals surface area (Å²) >= 11 is 0. The van der Waals surface area contributed by atoms with Crippen LogP contribution in [0.5, 0.6) is 0 Å². The Morgan fingerprint density at radius 1 is 0.773 bits per heavy atom. The number of urea groups is 1. The molecule has 0 bridgehead atoms. The molecule has 0 saturated heterocycles. The van der Waals surface area contributed by atoms with Gasteiger partial charge in [0.25, 0.3) is 0 Å².